The average molecular weight is 271 g/mol. The number of hydrogen-bond acceptors (Lipinski definition) is 4. The van der Waals surface area contributed by atoms with Crippen molar-refractivity contribution in [3.63, 3.8) is 0 Å². The van der Waals surface area contributed by atoms with E-state index in [1.54, 1.807) is 23.4 Å². The van der Waals surface area contributed by atoms with Gasteiger partial charge in [-0.3, -0.25) is 9.78 Å². The Balaban J connectivity index is 2.12. The molecule has 19 heavy (non-hydrogen) atoms. The predicted molar refractivity (Wildman–Crippen MR) is 73.5 cm³/mol. The molecule has 5 heteroatoms. The van der Waals surface area contributed by atoms with Crippen LogP contribution in [0.15, 0.2) is 42.0 Å². The Morgan fingerprint density at radius 2 is 2.32 bits per heavy atom. The molecule has 0 N–H and O–H groups in total. The Bertz CT molecular complexity index is 560. The van der Waals surface area contributed by atoms with Crippen LogP contribution in [0.25, 0.3) is 0 Å². The number of aromatic nitrogens is 1. The highest BCUT2D eigenvalue weighted by molar-refractivity contribution is 7.12. The summed E-state index contributed by atoms with van der Waals surface area (Å²) in [6.45, 7) is 0.911. The van der Waals surface area contributed by atoms with E-state index in [9.17, 15) is 4.79 Å². The molecule has 0 spiro atoms. The van der Waals surface area contributed by atoms with Crippen LogP contribution < -0.4 is 0 Å². The van der Waals surface area contributed by atoms with Gasteiger partial charge in [0, 0.05) is 25.5 Å². The lowest BCUT2D eigenvalue weighted by atomic mass is 10.2. The second-order valence-electron chi connectivity index (χ2n) is 3.97. The number of nitrogens with zero attached hydrogens (tertiary/aromatic N) is 3. The fourth-order valence-electron chi connectivity index (χ4n) is 1.71. The maximum absolute atomic E-state index is 12.3. The summed E-state index contributed by atoms with van der Waals surface area (Å²) in [6.07, 6.45) is 3.77. The summed E-state index contributed by atoms with van der Waals surface area (Å²) in [5, 5.41) is 10.6. The van der Waals surface area contributed by atoms with E-state index in [4.69, 9.17) is 5.26 Å². The number of nitriles is 1. The Kier molecular flexibility index (Phi) is 4.65. The van der Waals surface area contributed by atoms with Gasteiger partial charge < -0.3 is 4.90 Å². The fraction of sp³-hybridized carbons (Fsp3) is 0.214. The van der Waals surface area contributed by atoms with Crippen molar-refractivity contribution in [2.24, 2.45) is 0 Å². The Morgan fingerprint density at radius 3 is 2.95 bits per heavy atom. The molecule has 0 radical (unpaired) electrons. The zero-order valence-electron chi connectivity index (χ0n) is 10.3. The maximum atomic E-state index is 12.3. The molecule has 0 fully saturated rings. The highest BCUT2D eigenvalue weighted by Gasteiger charge is 2.16. The van der Waals surface area contributed by atoms with Crippen molar-refractivity contribution in [3.05, 3.63) is 52.5 Å². The van der Waals surface area contributed by atoms with Crippen LogP contribution in [0.3, 0.4) is 0 Å². The van der Waals surface area contributed by atoms with Crippen LogP contribution in [-0.2, 0) is 6.54 Å². The fourth-order valence-corrected chi connectivity index (χ4v) is 2.40. The minimum absolute atomic E-state index is 0.0332. The number of rotatable bonds is 5. The molecule has 4 nitrogen and oxygen atoms in total. The van der Waals surface area contributed by atoms with Gasteiger partial charge >= 0.3 is 0 Å². The third kappa shape index (κ3) is 3.63. The summed E-state index contributed by atoms with van der Waals surface area (Å²) >= 11 is 1.41. The van der Waals surface area contributed by atoms with Gasteiger partial charge in [-0.1, -0.05) is 12.1 Å². The van der Waals surface area contributed by atoms with E-state index in [-0.39, 0.29) is 5.91 Å². The minimum atomic E-state index is -0.0332. The second-order valence-corrected chi connectivity index (χ2v) is 4.92. The van der Waals surface area contributed by atoms with Gasteiger partial charge in [0.2, 0.25) is 0 Å². The smallest absolute Gasteiger partial charge is 0.264 e. The van der Waals surface area contributed by atoms with Crippen molar-refractivity contribution < 1.29 is 4.79 Å². The van der Waals surface area contributed by atoms with Crippen LogP contribution >= 0.6 is 11.3 Å². The lowest BCUT2D eigenvalue weighted by molar-refractivity contribution is 0.0751. The van der Waals surface area contributed by atoms with E-state index in [0.717, 1.165) is 5.56 Å². The highest BCUT2D eigenvalue weighted by atomic mass is 32.1. The molecular formula is C14H13N3OS. The zero-order chi connectivity index (χ0) is 13.5. The van der Waals surface area contributed by atoms with E-state index in [0.29, 0.717) is 24.4 Å². The number of hydrogen-bond donors (Lipinski definition) is 0. The topological polar surface area (TPSA) is 57.0 Å². The van der Waals surface area contributed by atoms with Crippen LogP contribution in [-0.4, -0.2) is 22.3 Å². The molecule has 0 bridgehead atoms. The molecule has 0 aromatic carbocycles. The van der Waals surface area contributed by atoms with Gasteiger partial charge in [0.15, 0.2) is 0 Å². The molecule has 0 aliphatic heterocycles. The van der Waals surface area contributed by atoms with Crippen molar-refractivity contribution in [2.45, 2.75) is 13.0 Å². The summed E-state index contributed by atoms with van der Waals surface area (Å²) in [4.78, 5) is 18.7. The monoisotopic (exact) mass is 271 g/mol. The summed E-state index contributed by atoms with van der Waals surface area (Å²) in [5.74, 6) is -0.0332. The third-order valence-corrected chi connectivity index (χ3v) is 3.47. The SMILES string of the molecule is N#CCCN(Cc1cccnc1)C(=O)c1cccs1. The molecule has 2 rings (SSSR count). The van der Waals surface area contributed by atoms with Crippen LogP contribution in [0.4, 0.5) is 0 Å². The molecule has 1 amide bonds. The first-order chi connectivity index (χ1) is 9.31. The van der Waals surface area contributed by atoms with E-state index in [1.165, 1.54) is 11.3 Å². The normalized spacial score (nSPS) is 9.84. The Morgan fingerprint density at radius 1 is 1.42 bits per heavy atom. The summed E-state index contributed by atoms with van der Waals surface area (Å²) < 4.78 is 0. The standard InChI is InChI=1S/C14H13N3OS/c15-6-3-8-17(11-12-4-1-7-16-10-12)14(18)13-5-2-9-19-13/h1-2,4-5,7,9-10H,3,8,11H2. The van der Waals surface area contributed by atoms with Gasteiger partial charge in [-0.15, -0.1) is 11.3 Å². The lowest BCUT2D eigenvalue weighted by Crippen LogP contribution is -2.30. The highest BCUT2D eigenvalue weighted by Crippen LogP contribution is 2.14. The van der Waals surface area contributed by atoms with Gasteiger partial charge in [-0.2, -0.15) is 5.26 Å². The number of thiophene rings is 1. The molecular weight excluding hydrogens is 258 g/mol. The number of carbonyl (C=O) groups excluding carboxylic acids is 1. The average Bonchev–Trinajstić information content (AvgIpc) is 2.98. The summed E-state index contributed by atoms with van der Waals surface area (Å²) in [5.41, 5.74) is 0.963. The molecule has 0 atom stereocenters. The zero-order valence-corrected chi connectivity index (χ0v) is 11.1. The predicted octanol–water partition coefficient (Wildman–Crippen LogP) is 2.70. The van der Waals surface area contributed by atoms with Crippen LogP contribution in [0.2, 0.25) is 0 Å². The minimum Gasteiger partial charge on any atom is -0.333 e. The van der Waals surface area contributed by atoms with Gasteiger partial charge in [0.1, 0.15) is 0 Å². The Hall–Kier alpha value is -2.19. The first-order valence-electron chi connectivity index (χ1n) is 5.90. The molecule has 0 unspecified atom stereocenters. The van der Waals surface area contributed by atoms with Crippen LogP contribution in [0.5, 0.6) is 0 Å². The molecule has 2 aromatic heterocycles. The molecule has 0 saturated carbocycles. The molecule has 2 heterocycles. The number of amides is 1. The van der Waals surface area contributed by atoms with E-state index < -0.39 is 0 Å². The second kappa shape index (κ2) is 6.66. The van der Waals surface area contributed by atoms with Crippen LogP contribution in [0, 0.1) is 11.3 Å². The van der Waals surface area contributed by atoms with E-state index in [1.807, 2.05) is 23.6 Å². The molecule has 0 saturated heterocycles. The number of carbonyl (C=O) groups is 1. The molecule has 96 valence electrons. The van der Waals surface area contributed by atoms with Crippen molar-refractivity contribution in [3.8, 4) is 6.07 Å². The lowest BCUT2D eigenvalue weighted by Gasteiger charge is -2.20. The first-order valence-corrected chi connectivity index (χ1v) is 6.78. The summed E-state index contributed by atoms with van der Waals surface area (Å²) in [6, 6.07) is 9.50. The molecule has 0 aliphatic carbocycles. The van der Waals surface area contributed by atoms with E-state index >= 15 is 0 Å². The Labute approximate surface area is 115 Å². The van der Waals surface area contributed by atoms with Gasteiger partial charge in [-0.05, 0) is 23.1 Å². The van der Waals surface area contributed by atoms with Crippen molar-refractivity contribution in [2.75, 3.05) is 6.54 Å². The van der Waals surface area contributed by atoms with Crippen LogP contribution in [0.1, 0.15) is 21.7 Å². The van der Waals surface area contributed by atoms with Crippen molar-refractivity contribution >= 4 is 17.2 Å². The van der Waals surface area contributed by atoms with Crippen molar-refractivity contribution in [1.29, 1.82) is 5.26 Å². The van der Waals surface area contributed by atoms with E-state index in [2.05, 4.69) is 11.1 Å². The van der Waals surface area contributed by atoms with Gasteiger partial charge in [-0.25, -0.2) is 0 Å². The van der Waals surface area contributed by atoms with Gasteiger partial charge in [0.05, 0.1) is 17.4 Å². The summed E-state index contributed by atoms with van der Waals surface area (Å²) in [7, 11) is 0. The first kappa shape index (κ1) is 13.2. The maximum Gasteiger partial charge on any atom is 0.264 e. The molecule has 0 aliphatic rings. The molecule has 2 aromatic rings. The number of pyridine rings is 1. The largest absolute Gasteiger partial charge is 0.333 e. The van der Waals surface area contributed by atoms with Gasteiger partial charge in [0.25, 0.3) is 5.91 Å². The quantitative estimate of drug-likeness (QED) is 0.840. The third-order valence-electron chi connectivity index (χ3n) is 2.61. The van der Waals surface area contributed by atoms with Crippen molar-refractivity contribution in [1.82, 2.24) is 9.88 Å².